The molecule has 0 bridgehead atoms. The van der Waals surface area contributed by atoms with Gasteiger partial charge in [0.05, 0.1) is 31.2 Å². The van der Waals surface area contributed by atoms with E-state index in [9.17, 15) is 32.7 Å². The molecule has 0 aromatic heterocycles. The van der Waals surface area contributed by atoms with Gasteiger partial charge in [0, 0.05) is 37.0 Å². The fourth-order valence-corrected chi connectivity index (χ4v) is 5.24. The lowest BCUT2D eigenvalue weighted by atomic mass is 9.84. The van der Waals surface area contributed by atoms with E-state index in [1.165, 1.54) is 43.4 Å². The van der Waals surface area contributed by atoms with Gasteiger partial charge in [-0.3, -0.25) is 19.8 Å². The fraction of sp³-hybridized carbons (Fsp3) is 0.407. The normalized spacial score (nSPS) is 14.0. The Hall–Kier alpha value is -4.17. The summed E-state index contributed by atoms with van der Waals surface area (Å²) in [5.74, 6) is -0.692. The molecule has 0 radical (unpaired) electrons. The second-order valence-corrected chi connectivity index (χ2v) is 12.3. The van der Waals surface area contributed by atoms with Crippen LogP contribution in [0.4, 0.5) is 26.7 Å². The van der Waals surface area contributed by atoms with Gasteiger partial charge in [0.2, 0.25) is 15.9 Å². The molecule has 222 valence electrons. The average Bonchev–Trinajstić information content (AvgIpc) is 2.86. The Labute approximate surface area is 238 Å². The maximum absolute atomic E-state index is 13.7. The standard InChI is InChI=1S/C27H34N4O9S/c1-27(2,3)20-15-18(30-11-9-22(32)29-25(30)34)14-19(23(20)40-5)24(33)28-17-7-8-21(16(13-17)10-12-39-4)31(26(35)36)41(6,37)38/h7-8,13-15H,9-12H2,1-6H3,(H,28,33)(H,35,36)(H,29,32,34). The van der Waals surface area contributed by atoms with Crippen molar-refractivity contribution in [2.75, 3.05) is 48.1 Å². The molecule has 0 aliphatic carbocycles. The van der Waals surface area contributed by atoms with Crippen molar-refractivity contribution in [2.24, 2.45) is 0 Å². The zero-order valence-corrected chi connectivity index (χ0v) is 24.5. The second kappa shape index (κ2) is 12.1. The molecule has 3 rings (SSSR count). The van der Waals surface area contributed by atoms with Gasteiger partial charge in [-0.25, -0.2) is 18.0 Å². The molecule has 0 unspecified atom stereocenters. The predicted octanol–water partition coefficient (Wildman–Crippen LogP) is 3.32. The lowest BCUT2D eigenvalue weighted by molar-refractivity contribution is -0.120. The first-order valence-electron chi connectivity index (χ1n) is 12.6. The van der Waals surface area contributed by atoms with Gasteiger partial charge in [-0.1, -0.05) is 20.8 Å². The first kappa shape index (κ1) is 31.4. The predicted molar refractivity (Wildman–Crippen MR) is 153 cm³/mol. The van der Waals surface area contributed by atoms with Crippen molar-refractivity contribution in [3.63, 3.8) is 0 Å². The second-order valence-electron chi connectivity index (χ2n) is 10.4. The molecule has 13 nitrogen and oxygen atoms in total. The highest BCUT2D eigenvalue weighted by Gasteiger charge is 2.31. The van der Waals surface area contributed by atoms with Gasteiger partial charge in [0.1, 0.15) is 5.75 Å². The minimum atomic E-state index is -4.16. The van der Waals surface area contributed by atoms with E-state index < -0.39 is 33.5 Å². The first-order valence-corrected chi connectivity index (χ1v) is 14.4. The van der Waals surface area contributed by atoms with Crippen LogP contribution in [0.3, 0.4) is 0 Å². The molecular formula is C27H34N4O9S. The number of nitrogens with one attached hydrogen (secondary N) is 2. The number of methoxy groups -OCH3 is 2. The Kier molecular flexibility index (Phi) is 9.29. The third-order valence-corrected chi connectivity index (χ3v) is 7.35. The maximum Gasteiger partial charge on any atom is 0.425 e. The lowest BCUT2D eigenvalue weighted by Gasteiger charge is -2.30. The molecule has 0 spiro atoms. The zero-order chi connectivity index (χ0) is 30.7. The number of nitrogens with zero attached hydrogens (tertiary/aromatic N) is 2. The van der Waals surface area contributed by atoms with Gasteiger partial charge in [-0.05, 0) is 47.7 Å². The van der Waals surface area contributed by atoms with Crippen molar-refractivity contribution < 1.29 is 42.2 Å². The Bertz CT molecular complexity index is 1480. The molecule has 14 heteroatoms. The average molecular weight is 591 g/mol. The highest BCUT2D eigenvalue weighted by atomic mass is 32.2. The number of carbonyl (C=O) groups excluding carboxylic acids is 3. The van der Waals surface area contributed by atoms with E-state index in [0.717, 1.165) is 6.26 Å². The third-order valence-electron chi connectivity index (χ3n) is 6.33. The number of rotatable bonds is 9. The molecule has 0 saturated carbocycles. The van der Waals surface area contributed by atoms with E-state index >= 15 is 0 Å². The van der Waals surface area contributed by atoms with E-state index in [1.54, 1.807) is 6.07 Å². The molecule has 1 fully saturated rings. The van der Waals surface area contributed by atoms with Crippen molar-refractivity contribution in [1.82, 2.24) is 5.32 Å². The van der Waals surface area contributed by atoms with Crippen LogP contribution in [-0.4, -0.2) is 71.1 Å². The molecule has 1 heterocycles. The summed E-state index contributed by atoms with van der Waals surface area (Å²) in [7, 11) is -1.29. The number of benzene rings is 2. The Morgan fingerprint density at radius 1 is 1.15 bits per heavy atom. The van der Waals surface area contributed by atoms with Crippen molar-refractivity contribution >= 4 is 51.0 Å². The van der Waals surface area contributed by atoms with Crippen molar-refractivity contribution in [1.29, 1.82) is 0 Å². The summed E-state index contributed by atoms with van der Waals surface area (Å²) in [5.41, 5.74) is 1.14. The van der Waals surface area contributed by atoms with Crippen LogP contribution in [0.2, 0.25) is 0 Å². The molecule has 2 aromatic rings. The van der Waals surface area contributed by atoms with E-state index in [2.05, 4.69) is 10.6 Å². The number of hydrogen-bond acceptors (Lipinski definition) is 8. The first-order chi connectivity index (χ1) is 19.1. The lowest BCUT2D eigenvalue weighted by Crippen LogP contribution is -2.49. The summed E-state index contributed by atoms with van der Waals surface area (Å²) in [6, 6.07) is 6.78. The van der Waals surface area contributed by atoms with Gasteiger partial charge >= 0.3 is 12.1 Å². The van der Waals surface area contributed by atoms with Gasteiger partial charge < -0.3 is 19.9 Å². The number of urea groups is 1. The van der Waals surface area contributed by atoms with Crippen LogP contribution in [-0.2, 0) is 31.4 Å². The highest BCUT2D eigenvalue weighted by Crippen LogP contribution is 2.39. The Morgan fingerprint density at radius 2 is 1.83 bits per heavy atom. The number of carboxylic acid groups (broad SMARTS) is 1. The number of hydrogen-bond donors (Lipinski definition) is 3. The summed E-state index contributed by atoms with van der Waals surface area (Å²) in [5, 5.41) is 14.6. The van der Waals surface area contributed by atoms with Crippen LogP contribution >= 0.6 is 0 Å². The summed E-state index contributed by atoms with van der Waals surface area (Å²) in [4.78, 5) is 51.1. The molecule has 1 saturated heterocycles. The van der Waals surface area contributed by atoms with Crippen LogP contribution in [0.25, 0.3) is 0 Å². The van der Waals surface area contributed by atoms with Gasteiger partial charge in [0.15, 0.2) is 0 Å². The number of sulfonamides is 1. The van der Waals surface area contributed by atoms with Crippen LogP contribution < -0.4 is 24.6 Å². The number of amides is 5. The summed E-state index contributed by atoms with van der Waals surface area (Å²) >= 11 is 0. The van der Waals surface area contributed by atoms with Crippen molar-refractivity contribution in [2.45, 2.75) is 39.0 Å². The van der Waals surface area contributed by atoms with Gasteiger partial charge in [0.25, 0.3) is 5.91 Å². The number of carbonyl (C=O) groups is 4. The molecular weight excluding hydrogens is 556 g/mol. The molecule has 2 aromatic carbocycles. The Morgan fingerprint density at radius 3 is 2.37 bits per heavy atom. The molecule has 5 amide bonds. The van der Waals surface area contributed by atoms with E-state index in [1.807, 2.05) is 20.8 Å². The van der Waals surface area contributed by atoms with Crippen LogP contribution in [0.5, 0.6) is 5.75 Å². The van der Waals surface area contributed by atoms with E-state index in [-0.39, 0.29) is 58.9 Å². The highest BCUT2D eigenvalue weighted by molar-refractivity contribution is 7.92. The Balaban J connectivity index is 2.09. The molecule has 1 aliphatic heterocycles. The summed E-state index contributed by atoms with van der Waals surface area (Å²) < 4.78 is 35.4. The minimum Gasteiger partial charge on any atom is -0.496 e. The number of imide groups is 1. The van der Waals surface area contributed by atoms with E-state index in [0.29, 0.717) is 16.8 Å². The SMILES string of the molecule is COCCc1cc(NC(=O)c2cc(N3CCC(=O)NC3=O)cc(C(C)(C)C)c2OC)ccc1N(C(=O)O)S(C)(=O)=O. The topological polar surface area (TPSA) is 172 Å². The molecule has 1 aliphatic rings. The smallest absolute Gasteiger partial charge is 0.425 e. The summed E-state index contributed by atoms with van der Waals surface area (Å²) in [6.45, 7) is 6.06. The van der Waals surface area contributed by atoms with Gasteiger partial charge in [-0.2, -0.15) is 4.31 Å². The maximum atomic E-state index is 13.7. The zero-order valence-electron chi connectivity index (χ0n) is 23.7. The number of anilines is 3. The van der Waals surface area contributed by atoms with Crippen LogP contribution in [0.15, 0.2) is 30.3 Å². The van der Waals surface area contributed by atoms with Crippen LogP contribution in [0, 0.1) is 0 Å². The largest absolute Gasteiger partial charge is 0.496 e. The third kappa shape index (κ3) is 7.13. The monoisotopic (exact) mass is 590 g/mol. The van der Waals surface area contributed by atoms with Crippen molar-refractivity contribution in [3.8, 4) is 5.75 Å². The molecule has 0 atom stereocenters. The fourth-order valence-electron chi connectivity index (χ4n) is 4.42. The number of ether oxygens (including phenoxy) is 2. The van der Waals surface area contributed by atoms with Gasteiger partial charge in [-0.15, -0.1) is 0 Å². The van der Waals surface area contributed by atoms with E-state index in [4.69, 9.17) is 9.47 Å². The quantitative estimate of drug-likeness (QED) is 0.396. The molecule has 41 heavy (non-hydrogen) atoms. The summed E-state index contributed by atoms with van der Waals surface area (Å²) in [6.07, 6.45) is -0.643. The van der Waals surface area contributed by atoms with Crippen LogP contribution in [0.1, 0.15) is 48.7 Å². The molecule has 3 N–H and O–H groups in total. The van der Waals surface area contributed by atoms with Crippen molar-refractivity contribution in [3.05, 3.63) is 47.0 Å². The minimum absolute atomic E-state index is 0.0877.